The number of carbonyl (C=O) groups excluding carboxylic acids is 1. The van der Waals surface area contributed by atoms with Gasteiger partial charge in [-0.1, -0.05) is 33.8 Å². The molecule has 6 heteroatoms. The molecule has 1 amide bonds. The fourth-order valence-corrected chi connectivity index (χ4v) is 3.74. The monoisotopic (exact) mass is 333 g/mol. The van der Waals surface area contributed by atoms with Crippen LogP contribution in [-0.4, -0.2) is 10.9 Å². The molecular formula is C16H19N3OS2. The number of hydrogen-bond acceptors (Lipinski definition) is 5. The molecule has 0 bridgehead atoms. The minimum atomic E-state index is -0.614. The highest BCUT2D eigenvalue weighted by atomic mass is 32.1. The van der Waals surface area contributed by atoms with E-state index < -0.39 is 6.04 Å². The van der Waals surface area contributed by atoms with Crippen molar-refractivity contribution in [2.24, 2.45) is 0 Å². The minimum absolute atomic E-state index is 0.0878. The number of thiazole rings is 1. The Bertz CT molecular complexity index is 690. The van der Waals surface area contributed by atoms with Crippen LogP contribution in [0.5, 0.6) is 0 Å². The molecule has 0 spiro atoms. The average Bonchev–Trinajstić information content (AvgIpc) is 3.12. The first-order chi connectivity index (χ1) is 10.4. The second-order valence-electron chi connectivity index (χ2n) is 5.95. The first-order valence-electron chi connectivity index (χ1n) is 7.11. The Morgan fingerprint density at radius 2 is 2.23 bits per heavy atom. The molecule has 22 heavy (non-hydrogen) atoms. The zero-order valence-corrected chi connectivity index (χ0v) is 14.8. The van der Waals surface area contributed by atoms with Crippen molar-refractivity contribution in [3.63, 3.8) is 0 Å². The van der Waals surface area contributed by atoms with Crippen LogP contribution in [0.2, 0.25) is 0 Å². The quantitative estimate of drug-likeness (QED) is 0.917. The molecule has 1 unspecified atom stereocenters. The summed E-state index contributed by atoms with van der Waals surface area (Å²) in [6.07, 6.45) is 0.700. The van der Waals surface area contributed by atoms with Crippen LogP contribution in [0.3, 0.4) is 0 Å². The van der Waals surface area contributed by atoms with E-state index in [1.165, 1.54) is 22.7 Å². The van der Waals surface area contributed by atoms with E-state index in [-0.39, 0.29) is 11.3 Å². The zero-order valence-electron chi connectivity index (χ0n) is 13.1. The summed E-state index contributed by atoms with van der Waals surface area (Å²) in [5.74, 6) is -0.218. The lowest BCUT2D eigenvalue weighted by Crippen LogP contribution is -2.27. The molecule has 116 valence electrons. The number of aromatic nitrogens is 1. The molecule has 0 saturated heterocycles. The zero-order chi connectivity index (χ0) is 16.3. The summed E-state index contributed by atoms with van der Waals surface area (Å²) in [6, 6.07) is 5.26. The van der Waals surface area contributed by atoms with Gasteiger partial charge in [-0.25, -0.2) is 4.98 Å². The molecule has 0 aromatic carbocycles. The molecule has 0 radical (unpaired) electrons. The van der Waals surface area contributed by atoms with Crippen molar-refractivity contribution in [2.75, 3.05) is 0 Å². The highest BCUT2D eigenvalue weighted by molar-refractivity contribution is 7.14. The lowest BCUT2D eigenvalue weighted by atomic mass is 9.98. The summed E-state index contributed by atoms with van der Waals surface area (Å²) in [4.78, 5) is 18.6. The van der Waals surface area contributed by atoms with Crippen molar-refractivity contribution in [1.29, 1.82) is 5.26 Å². The maximum atomic E-state index is 12.5. The van der Waals surface area contributed by atoms with Crippen molar-refractivity contribution in [3.05, 3.63) is 38.0 Å². The van der Waals surface area contributed by atoms with E-state index in [2.05, 4.69) is 37.1 Å². The van der Waals surface area contributed by atoms with E-state index >= 15 is 0 Å². The Morgan fingerprint density at radius 1 is 1.50 bits per heavy atom. The van der Waals surface area contributed by atoms with Gasteiger partial charge in [0.25, 0.3) is 5.91 Å². The third-order valence-corrected chi connectivity index (χ3v) is 5.57. The van der Waals surface area contributed by atoms with Crippen LogP contribution in [0, 0.1) is 11.3 Å². The Kier molecular flexibility index (Phi) is 4.99. The van der Waals surface area contributed by atoms with Crippen LogP contribution in [-0.2, 0) is 11.8 Å². The number of hydrogen-bond donors (Lipinski definition) is 1. The van der Waals surface area contributed by atoms with E-state index in [4.69, 9.17) is 0 Å². The molecule has 0 saturated carbocycles. The maximum absolute atomic E-state index is 12.5. The van der Waals surface area contributed by atoms with Crippen LogP contribution < -0.4 is 5.32 Å². The second-order valence-corrected chi connectivity index (χ2v) is 7.93. The van der Waals surface area contributed by atoms with Gasteiger partial charge in [-0.3, -0.25) is 4.79 Å². The lowest BCUT2D eigenvalue weighted by Gasteiger charge is -2.13. The average molecular weight is 333 g/mol. The molecule has 0 aliphatic carbocycles. The van der Waals surface area contributed by atoms with Crippen LogP contribution in [0.15, 0.2) is 17.5 Å². The van der Waals surface area contributed by atoms with E-state index in [0.717, 1.165) is 15.6 Å². The van der Waals surface area contributed by atoms with Gasteiger partial charge >= 0.3 is 0 Å². The van der Waals surface area contributed by atoms with Gasteiger partial charge in [0, 0.05) is 10.3 Å². The first kappa shape index (κ1) is 16.7. The third kappa shape index (κ3) is 3.54. The lowest BCUT2D eigenvalue weighted by molar-refractivity contribution is 0.0948. The molecule has 0 aliphatic rings. The number of rotatable bonds is 4. The van der Waals surface area contributed by atoms with Crippen LogP contribution in [0.4, 0.5) is 0 Å². The summed E-state index contributed by atoms with van der Waals surface area (Å²) >= 11 is 2.88. The predicted octanol–water partition coefficient (Wildman–Crippen LogP) is 4.06. The number of amides is 1. The van der Waals surface area contributed by atoms with E-state index in [1.54, 1.807) is 0 Å². The van der Waals surface area contributed by atoms with Crippen LogP contribution in [0.25, 0.3) is 0 Å². The number of carbonyl (C=O) groups is 1. The SMILES string of the molecule is CCc1nc(C(C)(C)C)sc1C(=O)NC(C#N)c1cccs1. The van der Waals surface area contributed by atoms with Gasteiger partial charge in [0.05, 0.1) is 16.8 Å². The van der Waals surface area contributed by atoms with Crippen molar-refractivity contribution in [3.8, 4) is 6.07 Å². The topological polar surface area (TPSA) is 65.8 Å². The molecule has 1 atom stereocenters. The number of thiophene rings is 1. The smallest absolute Gasteiger partial charge is 0.264 e. The summed E-state index contributed by atoms with van der Waals surface area (Å²) in [5.41, 5.74) is 0.713. The highest BCUT2D eigenvalue weighted by Gasteiger charge is 2.25. The summed E-state index contributed by atoms with van der Waals surface area (Å²) in [6.45, 7) is 8.23. The van der Waals surface area contributed by atoms with Crippen LogP contribution >= 0.6 is 22.7 Å². The number of nitriles is 1. The Balaban J connectivity index is 2.26. The van der Waals surface area contributed by atoms with E-state index in [1.807, 2.05) is 24.4 Å². The molecule has 1 N–H and O–H groups in total. The fraction of sp³-hybridized carbons (Fsp3) is 0.438. The van der Waals surface area contributed by atoms with Gasteiger partial charge in [0.15, 0.2) is 6.04 Å². The van der Waals surface area contributed by atoms with Crippen LogP contribution in [0.1, 0.15) is 59.0 Å². The number of nitrogens with one attached hydrogen (secondary N) is 1. The fourth-order valence-electron chi connectivity index (χ4n) is 1.91. The normalized spacial score (nSPS) is 12.7. The Hall–Kier alpha value is -1.71. The molecule has 0 fully saturated rings. The number of aryl methyl sites for hydroxylation is 1. The van der Waals surface area contributed by atoms with Gasteiger partial charge in [-0.15, -0.1) is 22.7 Å². The molecule has 0 aliphatic heterocycles. The second kappa shape index (κ2) is 6.59. The van der Waals surface area contributed by atoms with Crippen molar-refractivity contribution >= 4 is 28.6 Å². The van der Waals surface area contributed by atoms with Gasteiger partial charge in [-0.05, 0) is 17.9 Å². The summed E-state index contributed by atoms with van der Waals surface area (Å²) < 4.78 is 0. The van der Waals surface area contributed by atoms with E-state index in [0.29, 0.717) is 11.3 Å². The molecule has 2 aromatic rings. The maximum Gasteiger partial charge on any atom is 0.264 e. The predicted molar refractivity (Wildman–Crippen MR) is 90.3 cm³/mol. The first-order valence-corrected chi connectivity index (χ1v) is 8.80. The van der Waals surface area contributed by atoms with Gasteiger partial charge in [-0.2, -0.15) is 5.26 Å². The van der Waals surface area contributed by atoms with Gasteiger partial charge in [0.1, 0.15) is 4.88 Å². The standard InChI is InChI=1S/C16H19N3OS2/c1-5-10-13(22-15(19-10)16(2,3)4)14(20)18-11(9-17)12-7-6-8-21-12/h6-8,11H,5H2,1-4H3,(H,18,20). The summed E-state index contributed by atoms with van der Waals surface area (Å²) in [5, 5.41) is 14.9. The largest absolute Gasteiger partial charge is 0.331 e. The Labute approximate surface area is 138 Å². The molecule has 4 nitrogen and oxygen atoms in total. The van der Waals surface area contributed by atoms with Crippen molar-refractivity contribution in [1.82, 2.24) is 10.3 Å². The molecule has 2 heterocycles. The number of nitrogens with zero attached hydrogens (tertiary/aromatic N) is 2. The molecule has 2 rings (SSSR count). The highest BCUT2D eigenvalue weighted by Crippen LogP contribution is 2.30. The minimum Gasteiger partial charge on any atom is -0.331 e. The summed E-state index contributed by atoms with van der Waals surface area (Å²) in [7, 11) is 0. The molecule has 2 aromatic heterocycles. The Morgan fingerprint density at radius 3 is 2.73 bits per heavy atom. The van der Waals surface area contributed by atoms with E-state index in [9.17, 15) is 10.1 Å². The van der Waals surface area contributed by atoms with Crippen molar-refractivity contribution in [2.45, 2.75) is 45.6 Å². The third-order valence-electron chi connectivity index (χ3n) is 3.11. The van der Waals surface area contributed by atoms with Crippen molar-refractivity contribution < 1.29 is 4.79 Å². The van der Waals surface area contributed by atoms with Gasteiger partial charge in [0.2, 0.25) is 0 Å². The van der Waals surface area contributed by atoms with Gasteiger partial charge < -0.3 is 5.32 Å². The molecular weight excluding hydrogens is 314 g/mol.